The van der Waals surface area contributed by atoms with E-state index in [9.17, 15) is 10.5 Å². The van der Waals surface area contributed by atoms with E-state index in [-0.39, 0.29) is 0 Å². The van der Waals surface area contributed by atoms with Crippen molar-refractivity contribution in [3.8, 4) is 12.1 Å². The minimum Gasteiger partial charge on any atom is -0.192 e. The van der Waals surface area contributed by atoms with Crippen LogP contribution >= 0.6 is 43.2 Å². The molecule has 27 heavy (non-hydrogen) atoms. The van der Waals surface area contributed by atoms with Crippen LogP contribution in [0.15, 0.2) is 69.6 Å². The van der Waals surface area contributed by atoms with Gasteiger partial charge in [-0.05, 0) is 59.7 Å². The van der Waals surface area contributed by atoms with E-state index >= 15 is 0 Å². The second kappa shape index (κ2) is 8.97. The first-order valence-corrected chi connectivity index (χ1v) is 10.3. The molecular weight excluding hydrogens is 484 g/mol. The van der Waals surface area contributed by atoms with Crippen LogP contribution in [0.4, 0.5) is 0 Å². The van der Waals surface area contributed by atoms with Crippen LogP contribution in [0.5, 0.6) is 0 Å². The standard InChI is InChI=1S/C22H12Br2N2S/c23-19-5-1-15(2-6-19)17(13-25)11-21-9-10-22(27-21)12-18(14-26)16-3-7-20(24)8-4-16/h1-12H/b17-11+,18-12+. The van der Waals surface area contributed by atoms with E-state index in [2.05, 4.69) is 44.0 Å². The van der Waals surface area contributed by atoms with E-state index in [1.807, 2.05) is 72.8 Å². The molecule has 3 aromatic rings. The molecule has 0 unspecified atom stereocenters. The molecule has 0 saturated heterocycles. The van der Waals surface area contributed by atoms with Crippen molar-refractivity contribution >= 4 is 66.5 Å². The molecule has 1 heterocycles. The summed E-state index contributed by atoms with van der Waals surface area (Å²) in [5.41, 5.74) is 2.96. The van der Waals surface area contributed by atoms with Gasteiger partial charge in [-0.15, -0.1) is 11.3 Å². The first-order valence-electron chi connectivity index (χ1n) is 7.94. The number of nitriles is 2. The first kappa shape index (κ1) is 19.3. The lowest BCUT2D eigenvalue weighted by atomic mass is 10.1. The van der Waals surface area contributed by atoms with Gasteiger partial charge in [0.1, 0.15) is 0 Å². The van der Waals surface area contributed by atoms with Crippen LogP contribution in [-0.2, 0) is 0 Å². The molecule has 0 amide bonds. The number of rotatable bonds is 4. The molecule has 0 N–H and O–H groups in total. The summed E-state index contributed by atoms with van der Waals surface area (Å²) in [4.78, 5) is 1.93. The van der Waals surface area contributed by atoms with E-state index in [1.165, 1.54) is 0 Å². The lowest BCUT2D eigenvalue weighted by Crippen LogP contribution is -1.80. The van der Waals surface area contributed by atoms with Crippen LogP contribution in [0.25, 0.3) is 23.3 Å². The Morgan fingerprint density at radius 3 is 1.37 bits per heavy atom. The number of thiophene rings is 1. The van der Waals surface area contributed by atoms with Gasteiger partial charge >= 0.3 is 0 Å². The minimum absolute atomic E-state index is 0.605. The minimum atomic E-state index is 0.605. The zero-order valence-electron chi connectivity index (χ0n) is 14.0. The lowest BCUT2D eigenvalue weighted by molar-refractivity contribution is 1.52. The van der Waals surface area contributed by atoms with Crippen molar-refractivity contribution in [3.63, 3.8) is 0 Å². The van der Waals surface area contributed by atoms with Gasteiger partial charge in [-0.2, -0.15) is 10.5 Å². The molecule has 0 fully saturated rings. The molecule has 0 radical (unpaired) electrons. The summed E-state index contributed by atoms with van der Waals surface area (Å²) in [6.45, 7) is 0. The molecule has 0 bridgehead atoms. The van der Waals surface area contributed by atoms with Gasteiger partial charge in [0.25, 0.3) is 0 Å². The molecule has 3 rings (SSSR count). The number of allylic oxidation sites excluding steroid dienone is 2. The smallest absolute Gasteiger partial charge is 0.0998 e. The van der Waals surface area contributed by atoms with Gasteiger partial charge in [0.2, 0.25) is 0 Å². The monoisotopic (exact) mass is 494 g/mol. The second-order valence-electron chi connectivity index (χ2n) is 5.59. The SMILES string of the molecule is N#C/C(=C\c1ccc(/C=C(\C#N)c2ccc(Br)cc2)s1)c1ccc(Br)cc1. The summed E-state index contributed by atoms with van der Waals surface area (Å²) in [5.74, 6) is 0. The Morgan fingerprint density at radius 2 is 1.04 bits per heavy atom. The fourth-order valence-electron chi connectivity index (χ4n) is 2.43. The maximum Gasteiger partial charge on any atom is 0.0998 e. The molecule has 0 spiro atoms. The van der Waals surface area contributed by atoms with Crippen molar-refractivity contribution in [2.24, 2.45) is 0 Å². The van der Waals surface area contributed by atoms with Crippen molar-refractivity contribution in [2.75, 3.05) is 0 Å². The Morgan fingerprint density at radius 1 is 0.667 bits per heavy atom. The van der Waals surface area contributed by atoms with Crippen LogP contribution in [0.3, 0.4) is 0 Å². The fourth-order valence-corrected chi connectivity index (χ4v) is 3.85. The van der Waals surface area contributed by atoms with Crippen molar-refractivity contribution in [3.05, 3.63) is 90.5 Å². The van der Waals surface area contributed by atoms with Gasteiger partial charge in [-0.25, -0.2) is 0 Å². The second-order valence-corrected chi connectivity index (χ2v) is 8.57. The molecule has 0 atom stereocenters. The van der Waals surface area contributed by atoms with Gasteiger partial charge < -0.3 is 0 Å². The highest BCUT2D eigenvalue weighted by molar-refractivity contribution is 9.10. The molecule has 0 saturated carbocycles. The zero-order valence-corrected chi connectivity index (χ0v) is 18.0. The molecule has 0 aliphatic carbocycles. The van der Waals surface area contributed by atoms with E-state index in [4.69, 9.17) is 0 Å². The Labute approximate surface area is 179 Å². The summed E-state index contributed by atoms with van der Waals surface area (Å²) in [5, 5.41) is 19.0. The number of halogens is 2. The van der Waals surface area contributed by atoms with Crippen LogP contribution in [-0.4, -0.2) is 0 Å². The lowest BCUT2D eigenvalue weighted by Gasteiger charge is -1.99. The topological polar surface area (TPSA) is 47.6 Å². The van der Waals surface area contributed by atoms with Crippen molar-refractivity contribution in [1.82, 2.24) is 0 Å². The average molecular weight is 496 g/mol. The molecule has 1 aromatic heterocycles. The Hall–Kier alpha value is -2.44. The normalized spacial score (nSPS) is 11.7. The number of nitrogens with zero attached hydrogens (tertiary/aromatic N) is 2. The summed E-state index contributed by atoms with van der Waals surface area (Å²) < 4.78 is 1.95. The van der Waals surface area contributed by atoms with Gasteiger partial charge in [0.15, 0.2) is 0 Å². The third-order valence-electron chi connectivity index (χ3n) is 3.77. The molecular formula is C22H12Br2N2S. The predicted octanol–water partition coefficient (Wildman–Crippen LogP) is 7.40. The summed E-state index contributed by atoms with van der Waals surface area (Å²) in [6, 6.07) is 23.8. The predicted molar refractivity (Wildman–Crippen MR) is 120 cm³/mol. The Balaban J connectivity index is 1.89. The molecule has 2 aromatic carbocycles. The van der Waals surface area contributed by atoms with Crippen LogP contribution in [0.2, 0.25) is 0 Å². The average Bonchev–Trinajstić information content (AvgIpc) is 3.13. The van der Waals surface area contributed by atoms with Crippen molar-refractivity contribution in [2.45, 2.75) is 0 Å². The van der Waals surface area contributed by atoms with E-state index in [1.54, 1.807) is 11.3 Å². The summed E-state index contributed by atoms with van der Waals surface area (Å²) in [7, 11) is 0. The van der Waals surface area contributed by atoms with E-state index in [0.717, 1.165) is 29.8 Å². The van der Waals surface area contributed by atoms with Gasteiger partial charge in [-0.3, -0.25) is 0 Å². The zero-order chi connectivity index (χ0) is 19.2. The van der Waals surface area contributed by atoms with E-state index < -0.39 is 0 Å². The van der Waals surface area contributed by atoms with Gasteiger partial charge in [0.05, 0.1) is 23.3 Å². The summed E-state index contributed by atoms with van der Waals surface area (Å²) in [6.07, 6.45) is 3.74. The number of hydrogen-bond acceptors (Lipinski definition) is 3. The van der Waals surface area contributed by atoms with Crippen LogP contribution < -0.4 is 0 Å². The quantitative estimate of drug-likeness (QED) is 0.354. The number of benzene rings is 2. The van der Waals surface area contributed by atoms with Crippen molar-refractivity contribution < 1.29 is 0 Å². The Bertz CT molecular complexity index is 1000. The highest BCUT2D eigenvalue weighted by Gasteiger charge is 2.05. The Kier molecular flexibility index (Phi) is 6.42. The molecule has 2 nitrogen and oxygen atoms in total. The highest BCUT2D eigenvalue weighted by Crippen LogP contribution is 2.27. The maximum atomic E-state index is 9.49. The van der Waals surface area contributed by atoms with Crippen LogP contribution in [0.1, 0.15) is 20.9 Å². The molecule has 0 aliphatic heterocycles. The van der Waals surface area contributed by atoms with E-state index in [0.29, 0.717) is 11.1 Å². The molecule has 5 heteroatoms. The molecule has 0 aliphatic rings. The maximum absolute atomic E-state index is 9.49. The van der Waals surface area contributed by atoms with Crippen LogP contribution in [0, 0.1) is 22.7 Å². The summed E-state index contributed by atoms with van der Waals surface area (Å²) >= 11 is 8.35. The third-order valence-corrected chi connectivity index (χ3v) is 5.81. The third kappa shape index (κ3) is 5.05. The fraction of sp³-hybridized carbons (Fsp3) is 0. The van der Waals surface area contributed by atoms with Gasteiger partial charge in [-0.1, -0.05) is 56.1 Å². The molecule has 130 valence electrons. The first-order chi connectivity index (χ1) is 13.1. The van der Waals surface area contributed by atoms with Crippen molar-refractivity contribution in [1.29, 1.82) is 10.5 Å². The van der Waals surface area contributed by atoms with Gasteiger partial charge in [0, 0.05) is 18.7 Å². The number of hydrogen-bond donors (Lipinski definition) is 0. The largest absolute Gasteiger partial charge is 0.192 e. The highest BCUT2D eigenvalue weighted by atomic mass is 79.9.